The molecule has 52 heavy (non-hydrogen) atoms. The lowest BCUT2D eigenvalue weighted by Gasteiger charge is -2.34. The summed E-state index contributed by atoms with van der Waals surface area (Å²) in [7, 11) is -2.68. The summed E-state index contributed by atoms with van der Waals surface area (Å²) in [5.41, 5.74) is 8.75. The van der Waals surface area contributed by atoms with Crippen LogP contribution in [0, 0.1) is 0 Å². The molecule has 0 bridgehead atoms. The van der Waals surface area contributed by atoms with Gasteiger partial charge in [0.15, 0.2) is 13.9 Å². The monoisotopic (exact) mass is 698 g/mol. The average molecular weight is 699 g/mol. The van der Waals surface area contributed by atoms with Gasteiger partial charge in [-0.25, -0.2) is 9.97 Å². The van der Waals surface area contributed by atoms with Gasteiger partial charge in [0.05, 0.1) is 5.69 Å². The summed E-state index contributed by atoms with van der Waals surface area (Å²) in [4.78, 5) is 10.2. The van der Waals surface area contributed by atoms with Crippen LogP contribution >= 0.6 is 11.3 Å². The largest absolute Gasteiger partial charge is 0.236 e. The molecule has 0 unspecified atom stereocenters. The second-order valence-electron chi connectivity index (χ2n) is 13.6. The summed E-state index contributed by atoms with van der Waals surface area (Å²) < 4.78 is 2.55. The molecule has 7 aromatic carbocycles. The number of nitrogens with zero attached hydrogens (tertiary/aromatic N) is 2. The van der Waals surface area contributed by atoms with Crippen LogP contribution in [0.5, 0.6) is 0 Å². The van der Waals surface area contributed by atoms with Gasteiger partial charge in [-0.15, -0.1) is 11.3 Å². The van der Waals surface area contributed by atoms with E-state index >= 15 is 0 Å². The Kier molecular flexibility index (Phi) is 7.52. The van der Waals surface area contributed by atoms with Gasteiger partial charge in [0.2, 0.25) is 0 Å². The van der Waals surface area contributed by atoms with E-state index in [0.29, 0.717) is 0 Å². The number of hydrogen-bond donors (Lipinski definition) is 0. The summed E-state index contributed by atoms with van der Waals surface area (Å²) in [6.07, 6.45) is 4.09. The minimum Gasteiger partial charge on any atom is -0.236 e. The van der Waals surface area contributed by atoms with Crippen LogP contribution in [0.4, 0.5) is 0 Å². The summed E-state index contributed by atoms with van der Waals surface area (Å²) in [6.45, 7) is 0. The predicted octanol–water partition coefficient (Wildman–Crippen LogP) is 9.32. The Labute approximate surface area is 308 Å². The first-order valence-electron chi connectivity index (χ1n) is 18.0. The Morgan fingerprint density at radius 2 is 1.12 bits per heavy atom. The number of thiophene rings is 1. The highest BCUT2D eigenvalue weighted by atomic mass is 32.1. The SMILES string of the molecule is c1ccc([Si](c2ccccc2)(c2ccccc2)c2cccc(-c3ccnc(-c4cccc5c4sc4ccc6c(c45)-c4ccccc4CC6)n3)c2)cc1. The Morgan fingerprint density at radius 3 is 1.85 bits per heavy atom. The third kappa shape index (κ3) is 4.90. The van der Waals surface area contributed by atoms with Gasteiger partial charge in [0.1, 0.15) is 0 Å². The van der Waals surface area contributed by atoms with Crippen LogP contribution in [-0.4, -0.2) is 18.0 Å². The van der Waals surface area contributed by atoms with E-state index < -0.39 is 8.07 Å². The third-order valence-corrected chi connectivity index (χ3v) is 16.8. The van der Waals surface area contributed by atoms with Crippen molar-refractivity contribution in [3.8, 4) is 33.8 Å². The number of hydrogen-bond acceptors (Lipinski definition) is 3. The molecule has 0 N–H and O–H groups in total. The zero-order valence-corrected chi connectivity index (χ0v) is 30.4. The standard InChI is InChI=1S/C48H34N2SSi/c1-4-16-36(17-5-1)52(37-18-6-2-7-19-37,38-20-8-3-9-21-38)39-22-12-15-35(32-39)43-30-31-49-48(50-43)42-25-13-24-41-46-44(51-47(41)42)29-28-34-27-26-33-14-10-11-23-40(33)45(34)46/h1-25,28-32H,26-27H2. The molecule has 1 aliphatic carbocycles. The van der Waals surface area contributed by atoms with Crippen molar-refractivity contribution in [2.45, 2.75) is 12.8 Å². The van der Waals surface area contributed by atoms with Gasteiger partial charge in [0, 0.05) is 37.5 Å². The number of benzene rings is 7. The van der Waals surface area contributed by atoms with Gasteiger partial charge < -0.3 is 0 Å². The maximum Gasteiger partial charge on any atom is 0.179 e. The molecule has 2 aromatic heterocycles. The molecule has 0 fully saturated rings. The smallest absolute Gasteiger partial charge is 0.179 e. The highest BCUT2D eigenvalue weighted by Gasteiger charge is 2.41. The van der Waals surface area contributed by atoms with E-state index in [1.165, 1.54) is 63.2 Å². The first-order valence-corrected chi connectivity index (χ1v) is 20.8. The minimum absolute atomic E-state index is 0.756. The number of aromatic nitrogens is 2. The Morgan fingerprint density at radius 1 is 0.500 bits per heavy atom. The first-order chi connectivity index (χ1) is 25.8. The summed E-state index contributed by atoms with van der Waals surface area (Å²) in [5.74, 6) is 0.756. The molecular weight excluding hydrogens is 665 g/mol. The van der Waals surface area contributed by atoms with Crippen molar-refractivity contribution in [1.29, 1.82) is 0 Å². The lowest BCUT2D eigenvalue weighted by Crippen LogP contribution is -2.74. The van der Waals surface area contributed by atoms with Gasteiger partial charge in [0.25, 0.3) is 0 Å². The van der Waals surface area contributed by atoms with Gasteiger partial charge in [-0.3, -0.25) is 0 Å². The van der Waals surface area contributed by atoms with Crippen molar-refractivity contribution in [2.24, 2.45) is 0 Å². The fourth-order valence-corrected chi connectivity index (χ4v) is 14.5. The Balaban J connectivity index is 1.14. The lowest BCUT2D eigenvalue weighted by molar-refractivity contribution is 0.945. The molecule has 0 saturated carbocycles. The average Bonchev–Trinajstić information content (AvgIpc) is 3.62. The second kappa shape index (κ2) is 12.7. The van der Waals surface area contributed by atoms with Gasteiger partial charge in [-0.05, 0) is 74.0 Å². The van der Waals surface area contributed by atoms with Crippen LogP contribution < -0.4 is 20.7 Å². The van der Waals surface area contributed by atoms with Crippen molar-refractivity contribution in [2.75, 3.05) is 0 Å². The summed E-state index contributed by atoms with van der Waals surface area (Å²) >= 11 is 1.86. The fraction of sp³-hybridized carbons (Fsp3) is 0.0417. The van der Waals surface area contributed by atoms with Gasteiger partial charge >= 0.3 is 0 Å². The molecule has 9 aromatic rings. The number of aryl methyl sites for hydroxylation is 2. The second-order valence-corrected chi connectivity index (χ2v) is 18.5. The minimum atomic E-state index is -2.68. The highest BCUT2D eigenvalue weighted by Crippen LogP contribution is 2.47. The molecule has 4 heteroatoms. The molecule has 1 aliphatic rings. The maximum atomic E-state index is 5.31. The molecule has 0 atom stereocenters. The van der Waals surface area contributed by atoms with E-state index in [9.17, 15) is 0 Å². The van der Waals surface area contributed by atoms with Crippen LogP contribution in [0.1, 0.15) is 11.1 Å². The van der Waals surface area contributed by atoms with E-state index in [2.05, 4.69) is 176 Å². The van der Waals surface area contributed by atoms with Crippen molar-refractivity contribution >= 4 is 60.3 Å². The Hall–Kier alpha value is -5.94. The normalized spacial score (nSPS) is 12.5. The zero-order valence-electron chi connectivity index (χ0n) is 28.5. The number of rotatable bonds is 6. The predicted molar refractivity (Wildman–Crippen MR) is 222 cm³/mol. The fourth-order valence-electron chi connectivity index (χ4n) is 8.50. The molecule has 0 aliphatic heterocycles. The van der Waals surface area contributed by atoms with E-state index in [1.807, 2.05) is 17.5 Å². The summed E-state index contributed by atoms with van der Waals surface area (Å²) in [5, 5.41) is 8.04. The van der Waals surface area contributed by atoms with Gasteiger partial charge in [-0.1, -0.05) is 158 Å². The first kappa shape index (κ1) is 30.8. The van der Waals surface area contributed by atoms with Crippen LogP contribution in [0.2, 0.25) is 0 Å². The van der Waals surface area contributed by atoms with Gasteiger partial charge in [-0.2, -0.15) is 0 Å². The molecule has 246 valence electrons. The van der Waals surface area contributed by atoms with Crippen LogP contribution in [0.3, 0.4) is 0 Å². The topological polar surface area (TPSA) is 25.8 Å². The quantitative estimate of drug-likeness (QED) is 0.128. The van der Waals surface area contributed by atoms with Crippen molar-refractivity contribution < 1.29 is 0 Å². The van der Waals surface area contributed by atoms with Crippen LogP contribution in [0.15, 0.2) is 182 Å². The molecular formula is C48H34N2SSi. The van der Waals surface area contributed by atoms with E-state index in [0.717, 1.165) is 35.5 Å². The molecule has 2 nitrogen and oxygen atoms in total. The Bertz CT molecular complexity index is 2640. The van der Waals surface area contributed by atoms with E-state index in [4.69, 9.17) is 9.97 Å². The zero-order chi connectivity index (χ0) is 34.5. The maximum absolute atomic E-state index is 5.31. The molecule has 0 spiro atoms. The van der Waals surface area contributed by atoms with Crippen LogP contribution in [-0.2, 0) is 12.8 Å². The molecule has 0 radical (unpaired) electrons. The van der Waals surface area contributed by atoms with Crippen molar-refractivity contribution in [3.63, 3.8) is 0 Å². The number of fused-ring (bicyclic) bond motifs is 7. The van der Waals surface area contributed by atoms with Crippen LogP contribution in [0.25, 0.3) is 53.9 Å². The molecule has 10 rings (SSSR count). The van der Waals surface area contributed by atoms with Crippen molar-refractivity contribution in [1.82, 2.24) is 9.97 Å². The van der Waals surface area contributed by atoms with Crippen molar-refractivity contribution in [3.05, 3.63) is 193 Å². The lowest BCUT2D eigenvalue weighted by atomic mass is 9.83. The molecule has 0 amide bonds. The van der Waals surface area contributed by atoms with E-state index in [1.54, 1.807) is 0 Å². The molecule has 2 heterocycles. The molecule has 0 saturated heterocycles. The summed E-state index contributed by atoms with van der Waals surface area (Å²) in [6, 6.07) is 64.6. The highest BCUT2D eigenvalue weighted by molar-refractivity contribution is 7.26. The third-order valence-electron chi connectivity index (χ3n) is 10.8. The van der Waals surface area contributed by atoms with E-state index in [-0.39, 0.29) is 0 Å².